The lowest BCUT2D eigenvalue weighted by Gasteiger charge is -2.31. The van der Waals surface area contributed by atoms with Crippen LogP contribution in [0.5, 0.6) is 0 Å². The first-order chi connectivity index (χ1) is 14.8. The molecule has 2 aromatic rings. The topological polar surface area (TPSA) is 49.4 Å². The van der Waals surface area contributed by atoms with Gasteiger partial charge in [0.2, 0.25) is 11.8 Å². The van der Waals surface area contributed by atoms with Gasteiger partial charge in [0.1, 0.15) is 6.04 Å². The average Bonchev–Trinajstić information content (AvgIpc) is 2.74. The molecule has 0 spiro atoms. The highest BCUT2D eigenvalue weighted by molar-refractivity contribution is 7.99. The predicted molar refractivity (Wildman–Crippen MR) is 132 cm³/mol. The first kappa shape index (κ1) is 25.6. The van der Waals surface area contributed by atoms with Crippen molar-refractivity contribution in [3.8, 4) is 0 Å². The minimum Gasteiger partial charge on any atom is -0.354 e. The fourth-order valence-electron chi connectivity index (χ4n) is 3.09. The van der Waals surface area contributed by atoms with Crippen LogP contribution >= 0.6 is 35.0 Å². The van der Waals surface area contributed by atoms with Crippen molar-refractivity contribution in [2.24, 2.45) is 5.92 Å². The van der Waals surface area contributed by atoms with Gasteiger partial charge in [-0.05, 0) is 35.6 Å². The Morgan fingerprint density at radius 3 is 2.42 bits per heavy atom. The number of thioether (sulfide) groups is 1. The molecule has 2 rings (SSSR count). The van der Waals surface area contributed by atoms with Gasteiger partial charge >= 0.3 is 0 Å². The second-order valence-electron chi connectivity index (χ2n) is 7.80. The number of benzene rings is 2. The number of nitrogens with zero attached hydrogens (tertiary/aromatic N) is 1. The summed E-state index contributed by atoms with van der Waals surface area (Å²) >= 11 is 13.7. The molecule has 7 heteroatoms. The summed E-state index contributed by atoms with van der Waals surface area (Å²) in [7, 11) is 0. The third-order valence-electron chi connectivity index (χ3n) is 4.76. The van der Waals surface area contributed by atoms with E-state index in [2.05, 4.69) is 5.32 Å². The fourth-order valence-corrected chi connectivity index (χ4v) is 4.56. The summed E-state index contributed by atoms with van der Waals surface area (Å²) < 4.78 is 0. The SMILES string of the molecule is CC[C@H](C(=O)NCC(C)C)N(Cc1ccccc1)C(=O)CSCc1ccc(Cl)cc1Cl. The molecule has 0 fully saturated rings. The van der Waals surface area contributed by atoms with E-state index >= 15 is 0 Å². The number of carbonyl (C=O) groups is 2. The van der Waals surface area contributed by atoms with Crippen molar-refractivity contribution >= 4 is 46.8 Å². The van der Waals surface area contributed by atoms with Crippen molar-refractivity contribution in [1.29, 1.82) is 0 Å². The van der Waals surface area contributed by atoms with Crippen LogP contribution in [0.2, 0.25) is 10.0 Å². The Morgan fingerprint density at radius 2 is 1.81 bits per heavy atom. The fraction of sp³-hybridized carbons (Fsp3) is 0.417. The molecule has 0 aliphatic rings. The highest BCUT2D eigenvalue weighted by atomic mass is 35.5. The van der Waals surface area contributed by atoms with Crippen molar-refractivity contribution in [3.05, 3.63) is 69.7 Å². The van der Waals surface area contributed by atoms with E-state index in [1.54, 1.807) is 17.0 Å². The van der Waals surface area contributed by atoms with Crippen molar-refractivity contribution in [1.82, 2.24) is 10.2 Å². The average molecular weight is 481 g/mol. The zero-order chi connectivity index (χ0) is 22.8. The maximum absolute atomic E-state index is 13.2. The van der Waals surface area contributed by atoms with Crippen LogP contribution < -0.4 is 5.32 Å². The number of amides is 2. The first-order valence-electron chi connectivity index (χ1n) is 10.4. The third kappa shape index (κ3) is 8.40. The molecule has 0 aliphatic carbocycles. The van der Waals surface area contributed by atoms with Gasteiger partial charge in [-0.3, -0.25) is 9.59 Å². The molecule has 168 valence electrons. The molecule has 0 aromatic heterocycles. The lowest BCUT2D eigenvalue weighted by molar-refractivity contribution is -0.139. The van der Waals surface area contributed by atoms with E-state index in [9.17, 15) is 9.59 Å². The van der Waals surface area contributed by atoms with Gasteiger partial charge in [0, 0.05) is 28.9 Å². The van der Waals surface area contributed by atoms with Gasteiger partial charge in [0.05, 0.1) is 5.75 Å². The smallest absolute Gasteiger partial charge is 0.242 e. The molecule has 2 amide bonds. The molecule has 0 saturated heterocycles. The quantitative estimate of drug-likeness (QED) is 0.441. The summed E-state index contributed by atoms with van der Waals surface area (Å²) in [5.74, 6) is 1.04. The van der Waals surface area contributed by atoms with Crippen LogP contribution in [0.15, 0.2) is 48.5 Å². The van der Waals surface area contributed by atoms with E-state index in [1.807, 2.05) is 57.2 Å². The van der Waals surface area contributed by atoms with E-state index in [0.717, 1.165) is 11.1 Å². The van der Waals surface area contributed by atoms with E-state index in [0.29, 0.717) is 41.2 Å². The molecular formula is C24H30Cl2N2O2S. The van der Waals surface area contributed by atoms with Crippen molar-refractivity contribution < 1.29 is 9.59 Å². The standard InChI is InChI=1S/C24H30Cl2N2O2S/c1-4-22(24(30)27-13-17(2)3)28(14-18-8-6-5-7-9-18)23(29)16-31-15-19-10-11-20(25)12-21(19)26/h5-12,17,22H,4,13-16H2,1-3H3,(H,27,30)/t22-/m1/s1. The van der Waals surface area contributed by atoms with Gasteiger partial charge in [0.25, 0.3) is 0 Å². The Labute approximate surface area is 199 Å². The predicted octanol–water partition coefficient (Wildman–Crippen LogP) is 5.81. The third-order valence-corrected chi connectivity index (χ3v) is 6.32. The number of carbonyl (C=O) groups excluding carboxylic acids is 2. The number of rotatable bonds is 11. The molecule has 0 saturated carbocycles. The summed E-state index contributed by atoms with van der Waals surface area (Å²) in [6, 6.07) is 14.6. The Hall–Kier alpha value is -1.69. The maximum atomic E-state index is 13.2. The lowest BCUT2D eigenvalue weighted by Crippen LogP contribution is -2.50. The van der Waals surface area contributed by atoms with E-state index < -0.39 is 6.04 Å². The van der Waals surface area contributed by atoms with E-state index in [1.165, 1.54) is 11.8 Å². The highest BCUT2D eigenvalue weighted by Gasteiger charge is 2.28. The van der Waals surface area contributed by atoms with Crippen molar-refractivity contribution in [2.45, 2.75) is 45.5 Å². The van der Waals surface area contributed by atoms with E-state index in [-0.39, 0.29) is 17.6 Å². The Bertz CT molecular complexity index is 862. The molecule has 0 heterocycles. The van der Waals surface area contributed by atoms with Crippen molar-refractivity contribution in [2.75, 3.05) is 12.3 Å². The highest BCUT2D eigenvalue weighted by Crippen LogP contribution is 2.25. The molecule has 4 nitrogen and oxygen atoms in total. The van der Waals surface area contributed by atoms with Crippen LogP contribution in [-0.4, -0.2) is 35.1 Å². The Morgan fingerprint density at radius 1 is 1.10 bits per heavy atom. The molecule has 31 heavy (non-hydrogen) atoms. The lowest BCUT2D eigenvalue weighted by atomic mass is 10.1. The first-order valence-corrected chi connectivity index (χ1v) is 12.4. The van der Waals surface area contributed by atoms with E-state index in [4.69, 9.17) is 23.2 Å². The molecule has 0 unspecified atom stereocenters. The molecular weight excluding hydrogens is 451 g/mol. The summed E-state index contributed by atoms with van der Waals surface area (Å²) in [5, 5.41) is 4.16. The number of halogens is 2. The van der Waals surface area contributed by atoms with Gasteiger partial charge in [-0.25, -0.2) is 0 Å². The molecule has 0 radical (unpaired) electrons. The zero-order valence-corrected chi connectivity index (χ0v) is 20.6. The number of hydrogen-bond donors (Lipinski definition) is 1. The van der Waals surface area contributed by atoms with Gasteiger partial charge in [-0.15, -0.1) is 11.8 Å². The number of nitrogens with one attached hydrogen (secondary N) is 1. The Balaban J connectivity index is 2.10. The largest absolute Gasteiger partial charge is 0.354 e. The van der Waals surface area contributed by atoms with Crippen LogP contribution in [0.25, 0.3) is 0 Å². The summed E-state index contributed by atoms with van der Waals surface area (Å²) in [4.78, 5) is 27.7. The molecule has 1 N–H and O–H groups in total. The van der Waals surface area contributed by atoms with Crippen LogP contribution in [0.4, 0.5) is 0 Å². The van der Waals surface area contributed by atoms with Crippen LogP contribution in [-0.2, 0) is 21.9 Å². The van der Waals surface area contributed by atoms with Crippen LogP contribution in [0.3, 0.4) is 0 Å². The summed E-state index contributed by atoms with van der Waals surface area (Å²) in [6.45, 7) is 7.02. The van der Waals surface area contributed by atoms with Crippen molar-refractivity contribution in [3.63, 3.8) is 0 Å². The van der Waals surface area contributed by atoms with Gasteiger partial charge in [0.15, 0.2) is 0 Å². The zero-order valence-electron chi connectivity index (χ0n) is 18.2. The van der Waals surface area contributed by atoms with Crippen LogP contribution in [0.1, 0.15) is 38.3 Å². The van der Waals surface area contributed by atoms with Gasteiger partial charge in [-0.2, -0.15) is 0 Å². The molecule has 2 aromatic carbocycles. The minimum absolute atomic E-state index is 0.0644. The van der Waals surface area contributed by atoms with Gasteiger partial charge in [-0.1, -0.05) is 80.4 Å². The molecule has 0 aliphatic heterocycles. The minimum atomic E-state index is -0.508. The van der Waals surface area contributed by atoms with Gasteiger partial charge < -0.3 is 10.2 Å². The Kier molecular flexibility index (Phi) is 10.7. The molecule has 0 bridgehead atoms. The second-order valence-corrected chi connectivity index (χ2v) is 9.63. The summed E-state index contributed by atoms with van der Waals surface area (Å²) in [5.41, 5.74) is 1.93. The monoisotopic (exact) mass is 480 g/mol. The normalized spacial score (nSPS) is 11.9. The van der Waals surface area contributed by atoms with Crippen LogP contribution in [0, 0.1) is 5.92 Å². The second kappa shape index (κ2) is 13.0. The maximum Gasteiger partial charge on any atom is 0.242 e. The number of hydrogen-bond acceptors (Lipinski definition) is 3. The molecule has 1 atom stereocenters. The summed E-state index contributed by atoms with van der Waals surface area (Å²) in [6.07, 6.45) is 0.552.